The Balaban J connectivity index is 2.17. The summed E-state index contributed by atoms with van der Waals surface area (Å²) in [6, 6.07) is 6.66. The molecule has 3 N–H and O–H groups in total. The van der Waals surface area contributed by atoms with Crippen LogP contribution >= 0.6 is 11.3 Å². The number of anilines is 1. The van der Waals surface area contributed by atoms with Crippen molar-refractivity contribution in [3.63, 3.8) is 0 Å². The molecule has 0 unspecified atom stereocenters. The zero-order chi connectivity index (χ0) is 14.7. The van der Waals surface area contributed by atoms with Crippen molar-refractivity contribution in [1.82, 2.24) is 0 Å². The van der Waals surface area contributed by atoms with Crippen molar-refractivity contribution >= 4 is 33.8 Å². The first-order chi connectivity index (χ1) is 9.49. The van der Waals surface area contributed by atoms with Crippen molar-refractivity contribution in [1.29, 1.82) is 0 Å². The molecule has 2 rings (SSSR count). The van der Waals surface area contributed by atoms with Crippen LogP contribution in [0.1, 0.15) is 20.7 Å². The van der Waals surface area contributed by atoms with Gasteiger partial charge in [-0.15, -0.1) is 11.3 Å². The Morgan fingerprint density at radius 3 is 2.40 bits per heavy atom. The molecule has 0 radical (unpaired) electrons. The highest BCUT2D eigenvalue weighted by atomic mass is 32.1. The zero-order valence-corrected chi connectivity index (χ0v) is 10.8. The fraction of sp³-hybridized carbons (Fsp3) is 0. The number of carbonyl (C=O) groups is 2. The lowest BCUT2D eigenvalue weighted by molar-refractivity contribution is -0.384. The van der Waals surface area contributed by atoms with Gasteiger partial charge in [-0.2, -0.15) is 0 Å². The fourth-order valence-corrected chi connectivity index (χ4v) is 2.30. The monoisotopic (exact) mass is 291 g/mol. The number of carbonyl (C=O) groups excluding carboxylic acids is 2. The highest BCUT2D eigenvalue weighted by Gasteiger charge is 2.14. The Morgan fingerprint density at radius 2 is 1.85 bits per heavy atom. The summed E-state index contributed by atoms with van der Waals surface area (Å²) < 4.78 is 0. The minimum atomic E-state index is -0.634. The van der Waals surface area contributed by atoms with Gasteiger partial charge in [0.1, 0.15) is 5.00 Å². The molecule has 2 aromatic rings. The number of nitrogens with one attached hydrogen (secondary N) is 1. The molecular weight excluding hydrogens is 282 g/mol. The maximum atomic E-state index is 11.9. The maximum Gasteiger partial charge on any atom is 0.269 e. The van der Waals surface area contributed by atoms with E-state index in [-0.39, 0.29) is 16.8 Å². The lowest BCUT2D eigenvalue weighted by Crippen LogP contribution is -2.16. The summed E-state index contributed by atoms with van der Waals surface area (Å²) in [6.45, 7) is 0. The molecule has 8 heteroatoms. The SMILES string of the molecule is NC(=O)c1ccsc1NC(=O)c1ccc([N+](=O)[O-])cc1. The Morgan fingerprint density at radius 1 is 1.20 bits per heavy atom. The fourth-order valence-electron chi connectivity index (χ4n) is 1.51. The minimum absolute atomic E-state index is 0.101. The van der Waals surface area contributed by atoms with E-state index in [4.69, 9.17) is 5.73 Å². The number of nitro groups is 1. The number of hydrogen-bond acceptors (Lipinski definition) is 5. The van der Waals surface area contributed by atoms with Crippen molar-refractivity contribution in [3.8, 4) is 0 Å². The van der Waals surface area contributed by atoms with E-state index in [9.17, 15) is 19.7 Å². The minimum Gasteiger partial charge on any atom is -0.366 e. The second-order valence-electron chi connectivity index (χ2n) is 3.79. The van der Waals surface area contributed by atoms with Gasteiger partial charge in [-0.05, 0) is 23.6 Å². The molecule has 0 aliphatic heterocycles. The third kappa shape index (κ3) is 2.81. The van der Waals surface area contributed by atoms with E-state index in [1.165, 1.54) is 41.7 Å². The van der Waals surface area contributed by atoms with E-state index < -0.39 is 16.7 Å². The van der Waals surface area contributed by atoms with Gasteiger partial charge in [-0.1, -0.05) is 0 Å². The van der Waals surface area contributed by atoms with Crippen LogP contribution in [0.2, 0.25) is 0 Å². The van der Waals surface area contributed by atoms with Gasteiger partial charge in [0.15, 0.2) is 0 Å². The first kappa shape index (κ1) is 13.7. The van der Waals surface area contributed by atoms with Crippen LogP contribution in [0.25, 0.3) is 0 Å². The maximum absolute atomic E-state index is 11.9. The van der Waals surface area contributed by atoms with Crippen molar-refractivity contribution < 1.29 is 14.5 Å². The molecule has 1 aromatic carbocycles. The quantitative estimate of drug-likeness (QED) is 0.662. The van der Waals surface area contributed by atoms with Gasteiger partial charge < -0.3 is 11.1 Å². The Bertz CT molecular complexity index is 678. The molecule has 2 amide bonds. The third-order valence-electron chi connectivity index (χ3n) is 2.50. The van der Waals surface area contributed by atoms with Crippen molar-refractivity contribution in [2.45, 2.75) is 0 Å². The molecule has 0 aliphatic rings. The highest BCUT2D eigenvalue weighted by molar-refractivity contribution is 7.14. The van der Waals surface area contributed by atoms with Crippen LogP contribution in [0, 0.1) is 10.1 Å². The van der Waals surface area contributed by atoms with Crippen molar-refractivity contribution in [2.24, 2.45) is 5.73 Å². The largest absolute Gasteiger partial charge is 0.366 e. The number of thiophene rings is 1. The van der Waals surface area contributed by atoms with E-state index in [1.54, 1.807) is 5.38 Å². The lowest BCUT2D eigenvalue weighted by Gasteiger charge is -2.04. The molecular formula is C12H9N3O4S. The number of non-ortho nitro benzene ring substituents is 1. The highest BCUT2D eigenvalue weighted by Crippen LogP contribution is 2.23. The van der Waals surface area contributed by atoms with Gasteiger partial charge in [0.2, 0.25) is 0 Å². The molecule has 1 aromatic heterocycles. The predicted octanol–water partition coefficient (Wildman–Crippen LogP) is 2.01. The molecule has 102 valence electrons. The molecule has 0 aliphatic carbocycles. The van der Waals surface area contributed by atoms with E-state index >= 15 is 0 Å². The van der Waals surface area contributed by atoms with Gasteiger partial charge in [-0.3, -0.25) is 19.7 Å². The van der Waals surface area contributed by atoms with Gasteiger partial charge in [0.05, 0.1) is 10.5 Å². The molecule has 0 atom stereocenters. The molecule has 0 saturated heterocycles. The summed E-state index contributed by atoms with van der Waals surface area (Å²) in [5.41, 5.74) is 5.54. The van der Waals surface area contributed by atoms with Gasteiger partial charge >= 0.3 is 0 Å². The summed E-state index contributed by atoms with van der Waals surface area (Å²) in [5.74, 6) is -1.10. The molecule has 7 nitrogen and oxygen atoms in total. The number of rotatable bonds is 4. The Labute approximate surface area is 117 Å². The summed E-state index contributed by atoms with van der Waals surface area (Å²) in [6.07, 6.45) is 0. The summed E-state index contributed by atoms with van der Waals surface area (Å²) in [4.78, 5) is 33.0. The van der Waals surface area contributed by atoms with E-state index in [0.29, 0.717) is 5.00 Å². The van der Waals surface area contributed by atoms with Crippen LogP contribution < -0.4 is 11.1 Å². The van der Waals surface area contributed by atoms with Crippen molar-refractivity contribution in [2.75, 3.05) is 5.32 Å². The number of hydrogen-bond donors (Lipinski definition) is 2. The van der Waals surface area contributed by atoms with Crippen LogP contribution in [-0.2, 0) is 0 Å². The molecule has 0 spiro atoms. The topological polar surface area (TPSA) is 115 Å². The smallest absolute Gasteiger partial charge is 0.269 e. The average Bonchev–Trinajstić information content (AvgIpc) is 2.87. The second-order valence-corrected chi connectivity index (χ2v) is 4.70. The zero-order valence-electron chi connectivity index (χ0n) is 10.0. The lowest BCUT2D eigenvalue weighted by atomic mass is 10.2. The predicted molar refractivity (Wildman–Crippen MR) is 73.9 cm³/mol. The van der Waals surface area contributed by atoms with E-state index in [1.807, 2.05) is 0 Å². The number of nitrogens with zero attached hydrogens (tertiary/aromatic N) is 1. The van der Waals surface area contributed by atoms with Crippen LogP contribution in [0.15, 0.2) is 35.7 Å². The van der Waals surface area contributed by atoms with Crippen molar-refractivity contribution in [3.05, 3.63) is 57.0 Å². The van der Waals surface area contributed by atoms with Crippen LogP contribution in [0.5, 0.6) is 0 Å². The van der Waals surface area contributed by atoms with E-state index in [2.05, 4.69) is 5.32 Å². The number of benzene rings is 1. The van der Waals surface area contributed by atoms with Gasteiger partial charge in [-0.25, -0.2) is 0 Å². The summed E-state index contributed by atoms with van der Waals surface area (Å²) >= 11 is 1.17. The summed E-state index contributed by atoms with van der Waals surface area (Å²) in [7, 11) is 0. The molecule has 0 saturated carbocycles. The first-order valence-corrected chi connectivity index (χ1v) is 6.30. The van der Waals surface area contributed by atoms with Gasteiger partial charge in [0.25, 0.3) is 17.5 Å². The number of nitrogens with two attached hydrogens (primary N) is 1. The Kier molecular flexibility index (Phi) is 3.76. The number of amides is 2. The normalized spacial score (nSPS) is 10.0. The molecule has 20 heavy (non-hydrogen) atoms. The molecule has 0 fully saturated rings. The standard InChI is InChI=1S/C12H9N3O4S/c13-10(16)9-5-6-20-12(9)14-11(17)7-1-3-8(4-2-7)15(18)19/h1-6H,(H2,13,16)(H,14,17). The van der Waals surface area contributed by atoms with E-state index in [0.717, 1.165) is 0 Å². The number of nitro benzene ring substituents is 1. The van der Waals surface area contributed by atoms with Crippen LogP contribution in [-0.4, -0.2) is 16.7 Å². The molecule has 1 heterocycles. The van der Waals surface area contributed by atoms with Crippen LogP contribution in [0.3, 0.4) is 0 Å². The summed E-state index contributed by atoms with van der Waals surface area (Å²) in [5, 5.41) is 15.0. The second kappa shape index (κ2) is 5.49. The van der Waals surface area contributed by atoms with Crippen LogP contribution in [0.4, 0.5) is 10.7 Å². The number of primary amides is 1. The third-order valence-corrected chi connectivity index (χ3v) is 3.33. The van der Waals surface area contributed by atoms with Gasteiger partial charge in [0, 0.05) is 17.7 Å². The molecule has 0 bridgehead atoms. The first-order valence-electron chi connectivity index (χ1n) is 5.42. The Hall–Kier alpha value is -2.74. The average molecular weight is 291 g/mol.